The van der Waals surface area contributed by atoms with Crippen LogP contribution in [0.15, 0.2) is 48.5 Å². The second-order valence-electron chi connectivity index (χ2n) is 4.89. The molecule has 2 aromatic carbocycles. The molecule has 0 aliphatic carbocycles. The molecule has 0 spiro atoms. The molecule has 3 amide bonds. The normalized spacial score (nSPS) is 12.7. The van der Waals surface area contributed by atoms with Gasteiger partial charge >= 0.3 is 0 Å². The van der Waals surface area contributed by atoms with Gasteiger partial charge in [0, 0.05) is 0 Å². The zero-order chi connectivity index (χ0) is 16.4. The van der Waals surface area contributed by atoms with Crippen molar-refractivity contribution in [2.75, 3.05) is 10.2 Å². The Morgan fingerprint density at radius 1 is 1.04 bits per heavy atom. The van der Waals surface area contributed by atoms with E-state index < -0.39 is 17.7 Å². The lowest BCUT2D eigenvalue weighted by atomic mass is 10.1. The number of nitrogens with zero attached hydrogens (tertiary/aromatic N) is 2. The summed E-state index contributed by atoms with van der Waals surface area (Å²) in [6.45, 7) is 0. The van der Waals surface area contributed by atoms with Gasteiger partial charge in [-0.15, -0.1) is 0 Å². The Bertz CT molecular complexity index is 853. The number of imide groups is 1. The van der Waals surface area contributed by atoms with Gasteiger partial charge in [0.05, 0.1) is 28.6 Å². The molecule has 0 atom stereocenters. The van der Waals surface area contributed by atoms with E-state index >= 15 is 0 Å². The molecule has 0 saturated heterocycles. The van der Waals surface area contributed by atoms with Gasteiger partial charge in [0.15, 0.2) is 0 Å². The number of carbonyl (C=O) groups excluding carboxylic acids is 3. The predicted octanol–water partition coefficient (Wildman–Crippen LogP) is 2.34. The number of nitrogens with one attached hydrogen (secondary N) is 1. The average Bonchev–Trinajstić information content (AvgIpc) is 2.81. The SMILES string of the molecule is N#CCC(=O)Nc1cccc2c1C(=O)N(c1ccccc1)C2=O. The summed E-state index contributed by atoms with van der Waals surface area (Å²) in [7, 11) is 0. The van der Waals surface area contributed by atoms with Crippen molar-refractivity contribution in [3.05, 3.63) is 59.7 Å². The van der Waals surface area contributed by atoms with Crippen molar-refractivity contribution in [2.24, 2.45) is 0 Å². The van der Waals surface area contributed by atoms with E-state index in [1.807, 2.05) is 0 Å². The number of amides is 3. The molecule has 0 saturated carbocycles. The summed E-state index contributed by atoms with van der Waals surface area (Å²) >= 11 is 0. The Morgan fingerprint density at radius 2 is 1.78 bits per heavy atom. The van der Waals surface area contributed by atoms with Crippen LogP contribution in [0.2, 0.25) is 0 Å². The van der Waals surface area contributed by atoms with Gasteiger partial charge in [-0.05, 0) is 24.3 Å². The Hall–Kier alpha value is -3.46. The lowest BCUT2D eigenvalue weighted by Gasteiger charge is -2.13. The van der Waals surface area contributed by atoms with Crippen LogP contribution in [0.4, 0.5) is 11.4 Å². The Labute approximate surface area is 131 Å². The highest BCUT2D eigenvalue weighted by molar-refractivity contribution is 6.36. The van der Waals surface area contributed by atoms with E-state index in [1.54, 1.807) is 48.5 Å². The number of nitriles is 1. The molecule has 3 rings (SSSR count). The summed E-state index contributed by atoms with van der Waals surface area (Å²) in [6, 6.07) is 15.0. The standard InChI is InChI=1S/C17H11N3O3/c18-10-9-14(21)19-13-8-4-7-12-15(13)17(23)20(16(12)22)11-5-2-1-3-6-11/h1-8H,9H2,(H,19,21). The largest absolute Gasteiger partial charge is 0.324 e. The number of benzene rings is 2. The maximum absolute atomic E-state index is 12.7. The van der Waals surface area contributed by atoms with E-state index in [0.717, 1.165) is 4.90 Å². The third kappa shape index (κ3) is 2.45. The van der Waals surface area contributed by atoms with E-state index in [-0.39, 0.29) is 23.2 Å². The first-order valence-electron chi connectivity index (χ1n) is 6.87. The van der Waals surface area contributed by atoms with Crippen molar-refractivity contribution in [2.45, 2.75) is 6.42 Å². The Balaban J connectivity index is 2.02. The number of hydrogen-bond acceptors (Lipinski definition) is 4. The molecule has 1 aliphatic heterocycles. The second-order valence-corrected chi connectivity index (χ2v) is 4.89. The second kappa shape index (κ2) is 5.73. The maximum Gasteiger partial charge on any atom is 0.268 e. The lowest BCUT2D eigenvalue weighted by Crippen LogP contribution is -2.29. The molecule has 23 heavy (non-hydrogen) atoms. The number of carbonyl (C=O) groups is 3. The lowest BCUT2D eigenvalue weighted by molar-refractivity contribution is -0.115. The summed E-state index contributed by atoms with van der Waals surface area (Å²) in [5.74, 6) is -1.46. The minimum atomic E-state index is -0.528. The topological polar surface area (TPSA) is 90.3 Å². The van der Waals surface area contributed by atoms with E-state index in [9.17, 15) is 14.4 Å². The summed E-state index contributed by atoms with van der Waals surface area (Å²) < 4.78 is 0. The first kappa shape index (κ1) is 14.5. The molecule has 1 aliphatic rings. The fraction of sp³-hybridized carbons (Fsp3) is 0.0588. The van der Waals surface area contributed by atoms with Crippen molar-refractivity contribution in [1.82, 2.24) is 0 Å². The van der Waals surface area contributed by atoms with E-state index in [1.165, 1.54) is 6.07 Å². The van der Waals surface area contributed by atoms with Crippen LogP contribution < -0.4 is 10.2 Å². The van der Waals surface area contributed by atoms with Gasteiger partial charge in [0.1, 0.15) is 6.42 Å². The highest BCUT2D eigenvalue weighted by Crippen LogP contribution is 2.32. The van der Waals surface area contributed by atoms with Gasteiger partial charge in [-0.1, -0.05) is 24.3 Å². The van der Waals surface area contributed by atoms with Crippen LogP contribution in [0.25, 0.3) is 0 Å². The minimum absolute atomic E-state index is 0.146. The molecule has 6 nitrogen and oxygen atoms in total. The monoisotopic (exact) mass is 305 g/mol. The number of fused-ring (bicyclic) bond motifs is 1. The molecule has 0 aromatic heterocycles. The Kier molecular flexibility index (Phi) is 3.61. The summed E-state index contributed by atoms with van der Waals surface area (Å²) in [6.07, 6.45) is -0.325. The summed E-state index contributed by atoms with van der Waals surface area (Å²) in [4.78, 5) is 37.9. The highest BCUT2D eigenvalue weighted by Gasteiger charge is 2.38. The van der Waals surface area contributed by atoms with Gasteiger partial charge in [-0.25, -0.2) is 4.90 Å². The van der Waals surface area contributed by atoms with Crippen molar-refractivity contribution < 1.29 is 14.4 Å². The molecule has 1 N–H and O–H groups in total. The molecule has 1 heterocycles. The molecule has 2 aromatic rings. The van der Waals surface area contributed by atoms with E-state index in [0.29, 0.717) is 5.69 Å². The van der Waals surface area contributed by atoms with E-state index in [4.69, 9.17) is 5.26 Å². The van der Waals surface area contributed by atoms with Crippen LogP contribution in [0, 0.1) is 11.3 Å². The summed E-state index contributed by atoms with van der Waals surface area (Å²) in [5.41, 5.74) is 1.08. The van der Waals surface area contributed by atoms with Crippen molar-refractivity contribution in [3.63, 3.8) is 0 Å². The summed E-state index contributed by atoms with van der Waals surface area (Å²) in [5, 5.41) is 11.1. The van der Waals surface area contributed by atoms with Crippen LogP contribution in [-0.2, 0) is 4.79 Å². The van der Waals surface area contributed by atoms with Crippen LogP contribution in [0.3, 0.4) is 0 Å². The van der Waals surface area contributed by atoms with Gasteiger partial charge in [-0.2, -0.15) is 5.26 Å². The van der Waals surface area contributed by atoms with Crippen LogP contribution in [0.5, 0.6) is 0 Å². The zero-order valence-electron chi connectivity index (χ0n) is 11.9. The third-order valence-electron chi connectivity index (χ3n) is 3.44. The first-order chi connectivity index (χ1) is 11.1. The average molecular weight is 305 g/mol. The smallest absolute Gasteiger partial charge is 0.268 e. The maximum atomic E-state index is 12.7. The molecular weight excluding hydrogens is 294 g/mol. The van der Waals surface area contributed by atoms with Gasteiger partial charge < -0.3 is 5.32 Å². The predicted molar refractivity (Wildman–Crippen MR) is 82.9 cm³/mol. The fourth-order valence-electron chi connectivity index (χ4n) is 2.47. The fourth-order valence-corrected chi connectivity index (χ4v) is 2.47. The number of rotatable bonds is 3. The molecule has 0 radical (unpaired) electrons. The quantitative estimate of drug-likeness (QED) is 0.881. The van der Waals surface area contributed by atoms with Crippen LogP contribution in [0.1, 0.15) is 27.1 Å². The van der Waals surface area contributed by atoms with Crippen molar-refractivity contribution >= 4 is 29.1 Å². The molecule has 6 heteroatoms. The number of para-hydroxylation sites is 1. The van der Waals surface area contributed by atoms with Crippen LogP contribution >= 0.6 is 0 Å². The molecule has 0 bridgehead atoms. The minimum Gasteiger partial charge on any atom is -0.324 e. The van der Waals surface area contributed by atoms with Gasteiger partial charge in [-0.3, -0.25) is 14.4 Å². The molecule has 112 valence electrons. The molecule has 0 fully saturated rings. The third-order valence-corrected chi connectivity index (χ3v) is 3.44. The first-order valence-corrected chi connectivity index (χ1v) is 6.87. The van der Waals surface area contributed by atoms with Gasteiger partial charge in [0.2, 0.25) is 5.91 Å². The van der Waals surface area contributed by atoms with E-state index in [2.05, 4.69) is 5.32 Å². The van der Waals surface area contributed by atoms with Crippen LogP contribution in [-0.4, -0.2) is 17.7 Å². The molecular formula is C17H11N3O3. The van der Waals surface area contributed by atoms with Crippen molar-refractivity contribution in [1.29, 1.82) is 5.26 Å². The zero-order valence-corrected chi connectivity index (χ0v) is 11.9. The highest BCUT2D eigenvalue weighted by atomic mass is 16.2. The Morgan fingerprint density at radius 3 is 2.48 bits per heavy atom. The van der Waals surface area contributed by atoms with Gasteiger partial charge in [0.25, 0.3) is 11.8 Å². The van der Waals surface area contributed by atoms with Crippen molar-refractivity contribution in [3.8, 4) is 6.07 Å². The number of anilines is 2. The number of hydrogen-bond donors (Lipinski definition) is 1. The molecule has 0 unspecified atom stereocenters.